The van der Waals surface area contributed by atoms with Gasteiger partial charge in [-0.2, -0.15) is 0 Å². The van der Waals surface area contributed by atoms with Crippen LogP contribution in [-0.4, -0.2) is 12.0 Å². The predicted molar refractivity (Wildman–Crippen MR) is 71.4 cm³/mol. The molecule has 1 unspecified atom stereocenters. The summed E-state index contributed by atoms with van der Waals surface area (Å²) in [6.07, 6.45) is 3.14. The van der Waals surface area contributed by atoms with Gasteiger partial charge in [-0.3, -0.25) is 0 Å². The third-order valence-electron chi connectivity index (χ3n) is 3.44. The number of rotatable bonds is 3. The molecule has 0 spiro atoms. The van der Waals surface area contributed by atoms with Gasteiger partial charge < -0.3 is 5.32 Å². The Morgan fingerprint density at radius 3 is 2.63 bits per heavy atom. The van der Waals surface area contributed by atoms with E-state index in [0.29, 0.717) is 0 Å². The second-order valence-electron chi connectivity index (χ2n) is 4.63. The first-order chi connectivity index (χ1) is 9.20. The molecule has 0 aliphatic heterocycles. The number of hydrogen-bond acceptors (Lipinski definition) is 3. The van der Waals surface area contributed by atoms with Gasteiger partial charge in [-0.1, -0.05) is 6.07 Å². The first kappa shape index (κ1) is 12.7. The maximum Gasteiger partial charge on any atom is 0.131 e. The molecule has 1 aromatic carbocycles. The van der Waals surface area contributed by atoms with E-state index in [1.54, 1.807) is 18.4 Å². The summed E-state index contributed by atoms with van der Waals surface area (Å²) in [5.74, 6) is -1.07. The van der Waals surface area contributed by atoms with Crippen molar-refractivity contribution in [1.29, 1.82) is 0 Å². The first-order valence-corrected chi connectivity index (χ1v) is 7.12. The molecule has 19 heavy (non-hydrogen) atoms. The fraction of sp³-hybridized carbons (Fsp3) is 0.357. The molecule has 0 radical (unpaired) electrons. The van der Waals surface area contributed by atoms with E-state index < -0.39 is 17.7 Å². The first-order valence-electron chi connectivity index (χ1n) is 6.30. The molecule has 2 aromatic rings. The molecule has 1 N–H and O–H groups in total. The van der Waals surface area contributed by atoms with Crippen molar-refractivity contribution in [3.05, 3.63) is 51.0 Å². The van der Waals surface area contributed by atoms with Gasteiger partial charge in [0.15, 0.2) is 0 Å². The van der Waals surface area contributed by atoms with Crippen LogP contribution in [-0.2, 0) is 12.8 Å². The lowest BCUT2D eigenvalue weighted by Gasteiger charge is -2.15. The van der Waals surface area contributed by atoms with Crippen molar-refractivity contribution in [1.82, 2.24) is 10.3 Å². The molecule has 0 fully saturated rings. The lowest BCUT2D eigenvalue weighted by Crippen LogP contribution is -2.20. The van der Waals surface area contributed by atoms with Crippen molar-refractivity contribution in [2.75, 3.05) is 7.05 Å². The number of nitrogens with zero attached hydrogens (tertiary/aromatic N) is 1. The normalized spacial score (nSPS) is 15.5. The fourth-order valence-electron chi connectivity index (χ4n) is 2.51. The number of nitrogens with one attached hydrogen (secondary N) is 1. The van der Waals surface area contributed by atoms with Crippen LogP contribution >= 0.6 is 11.3 Å². The molecule has 0 bridgehead atoms. The van der Waals surface area contributed by atoms with Crippen LogP contribution in [0.3, 0.4) is 0 Å². The lowest BCUT2D eigenvalue weighted by molar-refractivity contribution is 0.521. The van der Waals surface area contributed by atoms with Gasteiger partial charge in [-0.25, -0.2) is 13.8 Å². The minimum absolute atomic E-state index is 0.0532. The highest BCUT2D eigenvalue weighted by Gasteiger charge is 2.26. The van der Waals surface area contributed by atoms with E-state index in [1.807, 2.05) is 0 Å². The Balaban J connectivity index is 2.04. The van der Waals surface area contributed by atoms with Gasteiger partial charge in [0.2, 0.25) is 0 Å². The standard InChI is InChI=1S/C14H14F2N2S/c1-17-13(12-8(15)4-2-5-9(12)16)14-18-10-6-3-7-11(10)19-14/h2,4-5,13,17H,3,6-7H2,1H3. The van der Waals surface area contributed by atoms with Crippen molar-refractivity contribution in [3.63, 3.8) is 0 Å². The van der Waals surface area contributed by atoms with Crippen LogP contribution in [0.25, 0.3) is 0 Å². The van der Waals surface area contributed by atoms with Crippen molar-refractivity contribution in [3.8, 4) is 0 Å². The van der Waals surface area contributed by atoms with Crippen LogP contribution < -0.4 is 5.32 Å². The summed E-state index contributed by atoms with van der Waals surface area (Å²) in [6.45, 7) is 0. The number of hydrogen-bond donors (Lipinski definition) is 1. The molecule has 1 aromatic heterocycles. The lowest BCUT2D eigenvalue weighted by atomic mass is 10.1. The Labute approximate surface area is 114 Å². The van der Waals surface area contributed by atoms with E-state index in [1.165, 1.54) is 23.1 Å². The summed E-state index contributed by atoms with van der Waals surface area (Å²) in [6, 6.07) is 3.42. The Morgan fingerprint density at radius 2 is 2.00 bits per heavy atom. The molecule has 0 saturated carbocycles. The van der Waals surface area contributed by atoms with Crippen LogP contribution in [0, 0.1) is 11.6 Å². The zero-order chi connectivity index (χ0) is 13.4. The average Bonchev–Trinajstić information content (AvgIpc) is 2.94. The van der Waals surface area contributed by atoms with Gasteiger partial charge in [0, 0.05) is 10.4 Å². The molecule has 0 saturated heterocycles. The number of fused-ring (bicyclic) bond motifs is 1. The molecule has 2 nitrogen and oxygen atoms in total. The molecule has 1 aliphatic carbocycles. The molecular weight excluding hydrogens is 266 g/mol. The zero-order valence-electron chi connectivity index (χ0n) is 10.5. The minimum atomic E-state index is -0.533. The monoisotopic (exact) mass is 280 g/mol. The third-order valence-corrected chi connectivity index (χ3v) is 4.66. The summed E-state index contributed by atoms with van der Waals surface area (Å²) in [7, 11) is 1.70. The Kier molecular flexibility index (Phi) is 3.33. The molecule has 5 heteroatoms. The summed E-state index contributed by atoms with van der Waals surface area (Å²) in [5, 5.41) is 3.72. The van der Waals surface area contributed by atoms with Gasteiger partial charge in [-0.05, 0) is 38.4 Å². The van der Waals surface area contributed by atoms with Gasteiger partial charge in [-0.15, -0.1) is 11.3 Å². The van der Waals surface area contributed by atoms with E-state index in [-0.39, 0.29) is 5.56 Å². The molecule has 0 amide bonds. The van der Waals surface area contributed by atoms with E-state index >= 15 is 0 Å². The van der Waals surface area contributed by atoms with Crippen molar-refractivity contribution < 1.29 is 8.78 Å². The quantitative estimate of drug-likeness (QED) is 0.933. The molecule has 100 valence electrons. The van der Waals surface area contributed by atoms with E-state index in [4.69, 9.17) is 0 Å². The summed E-state index contributed by atoms with van der Waals surface area (Å²) in [4.78, 5) is 5.80. The van der Waals surface area contributed by atoms with Crippen LogP contribution in [0.15, 0.2) is 18.2 Å². The molecular formula is C14H14F2N2S. The van der Waals surface area contributed by atoms with Gasteiger partial charge in [0.1, 0.15) is 16.6 Å². The number of halogens is 2. The molecule has 1 aliphatic rings. The maximum absolute atomic E-state index is 13.9. The largest absolute Gasteiger partial charge is 0.307 e. The van der Waals surface area contributed by atoms with Crippen LogP contribution in [0.5, 0.6) is 0 Å². The third kappa shape index (κ3) is 2.17. The van der Waals surface area contributed by atoms with Crippen molar-refractivity contribution >= 4 is 11.3 Å². The van der Waals surface area contributed by atoms with Crippen LogP contribution in [0.1, 0.15) is 33.6 Å². The summed E-state index contributed by atoms with van der Waals surface area (Å²) < 4.78 is 27.7. The summed E-state index contributed by atoms with van der Waals surface area (Å²) in [5.41, 5.74) is 1.15. The van der Waals surface area contributed by atoms with Crippen LogP contribution in [0.2, 0.25) is 0 Å². The smallest absolute Gasteiger partial charge is 0.131 e. The SMILES string of the molecule is CNC(c1nc2c(s1)CCC2)c1c(F)cccc1F. The van der Waals surface area contributed by atoms with E-state index in [9.17, 15) is 8.78 Å². The van der Waals surface area contributed by atoms with Crippen molar-refractivity contribution in [2.45, 2.75) is 25.3 Å². The average molecular weight is 280 g/mol. The Hall–Kier alpha value is -1.33. The zero-order valence-corrected chi connectivity index (χ0v) is 11.4. The predicted octanol–water partition coefficient (Wildman–Crippen LogP) is 3.22. The van der Waals surface area contributed by atoms with Crippen LogP contribution in [0.4, 0.5) is 8.78 Å². The van der Waals surface area contributed by atoms with Gasteiger partial charge in [0.25, 0.3) is 0 Å². The maximum atomic E-state index is 13.9. The highest BCUT2D eigenvalue weighted by Crippen LogP contribution is 2.34. The Morgan fingerprint density at radius 1 is 1.26 bits per heavy atom. The van der Waals surface area contributed by atoms with Gasteiger partial charge in [0.05, 0.1) is 11.7 Å². The molecule has 3 rings (SSSR count). The second-order valence-corrected chi connectivity index (χ2v) is 5.75. The number of aryl methyl sites for hydroxylation is 2. The Bertz CT molecular complexity index is 568. The number of thiazole rings is 1. The summed E-state index contributed by atoms with van der Waals surface area (Å²) >= 11 is 1.56. The number of benzene rings is 1. The molecule has 1 atom stereocenters. The molecule has 1 heterocycles. The fourth-order valence-corrected chi connectivity index (χ4v) is 3.79. The highest BCUT2D eigenvalue weighted by atomic mass is 32.1. The van der Waals surface area contributed by atoms with E-state index in [0.717, 1.165) is 30.0 Å². The number of aromatic nitrogens is 1. The van der Waals surface area contributed by atoms with Gasteiger partial charge >= 0.3 is 0 Å². The topological polar surface area (TPSA) is 24.9 Å². The van der Waals surface area contributed by atoms with E-state index in [2.05, 4.69) is 10.3 Å². The highest BCUT2D eigenvalue weighted by molar-refractivity contribution is 7.11. The second kappa shape index (κ2) is 4.98. The minimum Gasteiger partial charge on any atom is -0.307 e. The van der Waals surface area contributed by atoms with Crippen molar-refractivity contribution in [2.24, 2.45) is 0 Å².